The van der Waals surface area contributed by atoms with Gasteiger partial charge in [0.25, 0.3) is 5.89 Å². The third-order valence-corrected chi connectivity index (χ3v) is 6.45. The van der Waals surface area contributed by atoms with E-state index in [2.05, 4.69) is 36.1 Å². The second-order valence-electron chi connectivity index (χ2n) is 10.1. The highest BCUT2D eigenvalue weighted by Crippen LogP contribution is 2.24. The summed E-state index contributed by atoms with van der Waals surface area (Å²) in [6.07, 6.45) is 1.81. The third kappa shape index (κ3) is 7.29. The molecule has 0 spiro atoms. The quantitative estimate of drug-likeness (QED) is 0.293. The molecule has 4 aromatic rings. The normalized spacial score (nSPS) is 13.8. The van der Waals surface area contributed by atoms with Crippen LogP contribution in [0.15, 0.2) is 44.1 Å². The molecule has 3 aromatic heterocycles. The summed E-state index contributed by atoms with van der Waals surface area (Å²) in [7, 11) is 0. The average Bonchev–Trinajstić information content (AvgIpc) is 3.51. The fraction of sp³-hybridized carbons (Fsp3) is 0.423. The Bertz CT molecular complexity index is 1520. The maximum atomic E-state index is 13.8. The predicted molar refractivity (Wildman–Crippen MR) is 143 cm³/mol. The van der Waals surface area contributed by atoms with Gasteiger partial charge < -0.3 is 19.0 Å². The molecule has 4 heterocycles. The number of rotatable bonds is 4. The van der Waals surface area contributed by atoms with Gasteiger partial charge in [-0.15, -0.1) is 10.2 Å². The van der Waals surface area contributed by atoms with Crippen molar-refractivity contribution in [3.63, 3.8) is 0 Å². The van der Waals surface area contributed by atoms with Gasteiger partial charge in [0.15, 0.2) is 0 Å². The molecular formula is C26H28BrF3N6O4. The number of H-pyrrole nitrogens is 1. The molecule has 0 radical (unpaired) electrons. The molecule has 14 heteroatoms. The van der Waals surface area contributed by atoms with Crippen LogP contribution in [0.3, 0.4) is 0 Å². The fourth-order valence-electron chi connectivity index (χ4n) is 3.96. The number of pyridine rings is 1. The number of aromatic nitrogens is 5. The molecule has 1 amide bonds. The number of aromatic amines is 1. The number of benzene rings is 1. The minimum absolute atomic E-state index is 0.0828. The standard InChI is InChI=1S/C16H9BrF3N5O2.C10H19NO2/c17-9-3-11-12(4-10(9)18)25(16(26)22-11)6-8-2-1-7(5-21-8)14-23-24-15(27-14)13(19)20;1-10(2,3)13-9(12)11-7-5-4-6-8-11/h1-5,13H,6H2,(H,22,26);4-8H2,1-3H3. The van der Waals surface area contributed by atoms with Gasteiger partial charge >= 0.3 is 18.2 Å². The summed E-state index contributed by atoms with van der Waals surface area (Å²) < 4.78 is 50.5. The van der Waals surface area contributed by atoms with E-state index in [1.807, 2.05) is 20.8 Å². The number of likely N-dealkylation sites (tertiary alicyclic amines) is 1. The Morgan fingerprint density at radius 2 is 1.90 bits per heavy atom. The topological polar surface area (TPSA) is 119 Å². The highest BCUT2D eigenvalue weighted by Gasteiger charge is 2.23. The number of amides is 1. The van der Waals surface area contributed by atoms with Crippen LogP contribution >= 0.6 is 15.9 Å². The van der Waals surface area contributed by atoms with Crippen LogP contribution in [0.1, 0.15) is 58.0 Å². The monoisotopic (exact) mass is 624 g/mol. The van der Waals surface area contributed by atoms with Gasteiger partial charge in [-0.3, -0.25) is 9.55 Å². The number of hydrogen-bond donors (Lipinski definition) is 1. The van der Waals surface area contributed by atoms with Crippen LogP contribution < -0.4 is 5.69 Å². The molecule has 0 atom stereocenters. The first-order chi connectivity index (χ1) is 18.9. The lowest BCUT2D eigenvalue weighted by Gasteiger charge is -2.29. The number of alkyl halides is 2. The van der Waals surface area contributed by atoms with Gasteiger partial charge in [-0.05, 0) is 74.2 Å². The van der Waals surface area contributed by atoms with Crippen molar-refractivity contribution >= 4 is 33.1 Å². The van der Waals surface area contributed by atoms with E-state index in [4.69, 9.17) is 9.15 Å². The molecule has 0 saturated carbocycles. The molecule has 10 nitrogen and oxygen atoms in total. The summed E-state index contributed by atoms with van der Waals surface area (Å²) in [4.78, 5) is 32.3. The molecule has 1 aromatic carbocycles. The summed E-state index contributed by atoms with van der Waals surface area (Å²) in [5, 5.41) is 6.80. The number of carbonyl (C=O) groups is 1. The van der Waals surface area contributed by atoms with Gasteiger partial charge in [0.1, 0.15) is 11.4 Å². The summed E-state index contributed by atoms with van der Waals surface area (Å²) in [5.41, 5.74) is 0.958. The second kappa shape index (κ2) is 12.2. The molecule has 0 aliphatic carbocycles. The van der Waals surface area contributed by atoms with Crippen LogP contribution in [-0.4, -0.2) is 54.4 Å². The number of fused-ring (bicyclic) bond motifs is 1. The highest BCUT2D eigenvalue weighted by atomic mass is 79.9. The summed E-state index contributed by atoms with van der Waals surface area (Å²) in [5.74, 6) is -1.35. The third-order valence-electron chi connectivity index (χ3n) is 5.84. The van der Waals surface area contributed by atoms with E-state index in [0.717, 1.165) is 25.9 Å². The van der Waals surface area contributed by atoms with Crippen molar-refractivity contribution in [1.29, 1.82) is 0 Å². The van der Waals surface area contributed by atoms with Crippen LogP contribution in [-0.2, 0) is 11.3 Å². The van der Waals surface area contributed by atoms with Crippen molar-refractivity contribution in [3.05, 3.63) is 62.8 Å². The lowest BCUT2D eigenvalue weighted by molar-refractivity contribution is 0.0216. The minimum Gasteiger partial charge on any atom is -0.444 e. The zero-order chi connectivity index (χ0) is 29.0. The van der Waals surface area contributed by atoms with Crippen molar-refractivity contribution in [2.45, 2.75) is 58.6 Å². The number of imidazole rings is 1. The number of hydrogen-bond acceptors (Lipinski definition) is 7. The highest BCUT2D eigenvalue weighted by molar-refractivity contribution is 9.10. The summed E-state index contributed by atoms with van der Waals surface area (Å²) >= 11 is 3.07. The van der Waals surface area contributed by atoms with E-state index in [1.54, 1.807) is 17.0 Å². The van der Waals surface area contributed by atoms with Crippen molar-refractivity contribution < 1.29 is 27.1 Å². The van der Waals surface area contributed by atoms with E-state index < -0.39 is 23.8 Å². The predicted octanol–water partition coefficient (Wildman–Crippen LogP) is 6.07. The van der Waals surface area contributed by atoms with Crippen molar-refractivity contribution in [3.8, 4) is 11.5 Å². The Morgan fingerprint density at radius 3 is 2.50 bits per heavy atom. The SMILES string of the molecule is CC(C)(C)OC(=O)N1CCCCC1.O=c1[nH]c2cc(Br)c(F)cc2n1Cc1ccc(-c2nnc(C(F)F)o2)cn1. The van der Waals surface area contributed by atoms with E-state index in [0.29, 0.717) is 22.3 Å². The van der Waals surface area contributed by atoms with Crippen molar-refractivity contribution in [1.82, 2.24) is 29.6 Å². The second-order valence-corrected chi connectivity index (χ2v) is 11.0. The molecular weight excluding hydrogens is 597 g/mol. The molecule has 0 unspecified atom stereocenters. The number of carbonyl (C=O) groups excluding carboxylic acids is 1. The van der Waals surface area contributed by atoms with E-state index >= 15 is 0 Å². The van der Waals surface area contributed by atoms with Crippen LogP contribution in [0, 0.1) is 5.82 Å². The fourth-order valence-corrected chi connectivity index (χ4v) is 4.30. The summed E-state index contributed by atoms with van der Waals surface area (Å²) in [6.45, 7) is 7.49. The number of ether oxygens (including phenoxy) is 1. The first-order valence-corrected chi connectivity index (χ1v) is 13.3. The molecule has 0 bridgehead atoms. The Morgan fingerprint density at radius 1 is 1.18 bits per heavy atom. The molecule has 1 fully saturated rings. The zero-order valence-corrected chi connectivity index (χ0v) is 23.7. The van der Waals surface area contributed by atoms with Gasteiger partial charge in [0, 0.05) is 25.4 Å². The van der Waals surface area contributed by atoms with Crippen LogP contribution in [0.4, 0.5) is 18.0 Å². The van der Waals surface area contributed by atoms with Gasteiger partial charge in [0.05, 0.1) is 33.3 Å². The van der Waals surface area contributed by atoms with Gasteiger partial charge in [-0.25, -0.2) is 14.0 Å². The zero-order valence-electron chi connectivity index (χ0n) is 22.1. The Kier molecular flexibility index (Phi) is 8.96. The van der Waals surface area contributed by atoms with E-state index in [-0.39, 0.29) is 28.6 Å². The van der Waals surface area contributed by atoms with Gasteiger partial charge in [-0.2, -0.15) is 8.78 Å². The maximum absolute atomic E-state index is 13.8. The largest absolute Gasteiger partial charge is 0.444 e. The Labute approximate surface area is 235 Å². The maximum Gasteiger partial charge on any atom is 0.410 e. The van der Waals surface area contributed by atoms with Gasteiger partial charge in [-0.1, -0.05) is 0 Å². The van der Waals surface area contributed by atoms with E-state index in [1.165, 1.54) is 29.3 Å². The number of nitrogens with zero attached hydrogens (tertiary/aromatic N) is 5. The molecule has 214 valence electrons. The van der Waals surface area contributed by atoms with Gasteiger partial charge in [0.2, 0.25) is 5.89 Å². The lowest BCUT2D eigenvalue weighted by atomic mass is 10.1. The van der Waals surface area contributed by atoms with Crippen LogP contribution in [0.5, 0.6) is 0 Å². The first-order valence-electron chi connectivity index (χ1n) is 12.5. The average molecular weight is 625 g/mol. The van der Waals surface area contributed by atoms with E-state index in [9.17, 15) is 22.8 Å². The molecule has 5 rings (SSSR count). The lowest BCUT2D eigenvalue weighted by Crippen LogP contribution is -2.39. The molecule has 1 saturated heterocycles. The number of nitrogens with one attached hydrogen (secondary N) is 1. The molecule has 1 aliphatic rings. The molecule has 40 heavy (non-hydrogen) atoms. The summed E-state index contributed by atoms with van der Waals surface area (Å²) in [6, 6.07) is 5.87. The smallest absolute Gasteiger partial charge is 0.410 e. The molecule has 1 aliphatic heterocycles. The molecule has 1 N–H and O–H groups in total. The Hall–Kier alpha value is -3.68. The number of piperidine rings is 1. The van der Waals surface area contributed by atoms with Crippen molar-refractivity contribution in [2.75, 3.05) is 13.1 Å². The van der Waals surface area contributed by atoms with Crippen LogP contribution in [0.25, 0.3) is 22.5 Å². The van der Waals surface area contributed by atoms with Crippen LogP contribution in [0.2, 0.25) is 0 Å². The van der Waals surface area contributed by atoms with Crippen molar-refractivity contribution in [2.24, 2.45) is 0 Å². The minimum atomic E-state index is -2.85. The first kappa shape index (κ1) is 29.3. The number of halogens is 4. The Balaban J connectivity index is 0.000000240.